The summed E-state index contributed by atoms with van der Waals surface area (Å²) in [5.41, 5.74) is 0.337. The van der Waals surface area contributed by atoms with Crippen molar-refractivity contribution in [2.75, 3.05) is 5.32 Å². The van der Waals surface area contributed by atoms with Crippen molar-refractivity contribution in [3.05, 3.63) is 74.6 Å². The van der Waals surface area contributed by atoms with Gasteiger partial charge in [-0.05, 0) is 31.5 Å². The molecule has 0 aliphatic carbocycles. The van der Waals surface area contributed by atoms with Gasteiger partial charge in [0.2, 0.25) is 5.91 Å². The van der Waals surface area contributed by atoms with E-state index in [1.807, 2.05) is 13.0 Å². The smallest absolute Gasteiger partial charge is 0.283 e. The zero-order valence-corrected chi connectivity index (χ0v) is 17.2. The molecule has 0 bridgehead atoms. The van der Waals surface area contributed by atoms with E-state index in [1.54, 1.807) is 18.2 Å². The summed E-state index contributed by atoms with van der Waals surface area (Å²) in [6, 6.07) is 10.9. The predicted molar refractivity (Wildman–Crippen MR) is 110 cm³/mol. The van der Waals surface area contributed by atoms with Crippen molar-refractivity contribution in [1.82, 2.24) is 9.78 Å². The van der Waals surface area contributed by atoms with Gasteiger partial charge in [0.05, 0.1) is 27.4 Å². The Hall–Kier alpha value is -3.53. The first-order chi connectivity index (χ1) is 14.6. The fraction of sp³-hybridized carbons (Fsp3) is 0.200. The Bertz CT molecular complexity index is 1150. The zero-order valence-electron chi connectivity index (χ0n) is 16.4. The highest BCUT2D eigenvalue weighted by Crippen LogP contribution is 2.31. The van der Waals surface area contributed by atoms with Crippen LogP contribution in [0.2, 0.25) is 5.02 Å². The van der Waals surface area contributed by atoms with Crippen molar-refractivity contribution in [3.8, 4) is 11.5 Å². The predicted octanol–water partition coefficient (Wildman–Crippen LogP) is 5.43. The van der Waals surface area contributed by atoms with Gasteiger partial charge in [0.25, 0.3) is 12.1 Å². The summed E-state index contributed by atoms with van der Waals surface area (Å²) in [7, 11) is 0. The Morgan fingerprint density at radius 2 is 2.00 bits per heavy atom. The van der Waals surface area contributed by atoms with Gasteiger partial charge in [-0.1, -0.05) is 23.7 Å². The highest BCUT2D eigenvalue weighted by molar-refractivity contribution is 6.31. The maximum atomic E-state index is 12.9. The molecule has 8 nitrogen and oxygen atoms in total. The van der Waals surface area contributed by atoms with Crippen molar-refractivity contribution in [1.29, 1.82) is 0 Å². The Morgan fingerprint density at radius 1 is 1.26 bits per heavy atom. The lowest BCUT2D eigenvalue weighted by molar-refractivity contribution is -0.384. The average Bonchev–Trinajstić information content (AvgIpc) is 2.96. The van der Waals surface area contributed by atoms with Crippen molar-refractivity contribution < 1.29 is 23.2 Å². The van der Waals surface area contributed by atoms with Crippen molar-refractivity contribution >= 4 is 28.9 Å². The fourth-order valence-corrected chi connectivity index (χ4v) is 3.03. The van der Waals surface area contributed by atoms with Gasteiger partial charge in [-0.15, -0.1) is 0 Å². The molecule has 0 fully saturated rings. The standard InChI is InChI=1S/C20H17ClF2N4O4/c1-11-4-3-5-15(6-11)31-16-8-13(7-14(9-16)27(29)30)24-17(28)10-26-12(2)18(21)19(25-26)20(22)23/h3-9,20H,10H2,1-2H3,(H,24,28). The van der Waals surface area contributed by atoms with Gasteiger partial charge in [0.15, 0.2) is 0 Å². The third-order valence-electron chi connectivity index (χ3n) is 4.27. The van der Waals surface area contributed by atoms with Gasteiger partial charge in [0, 0.05) is 12.1 Å². The molecule has 11 heteroatoms. The molecule has 1 amide bonds. The number of amides is 1. The second-order valence-electron chi connectivity index (χ2n) is 6.68. The topological polar surface area (TPSA) is 99.3 Å². The third kappa shape index (κ3) is 5.34. The number of alkyl halides is 2. The van der Waals surface area contributed by atoms with E-state index in [0.717, 1.165) is 16.3 Å². The van der Waals surface area contributed by atoms with Crippen LogP contribution in [-0.2, 0) is 11.3 Å². The maximum Gasteiger partial charge on any atom is 0.283 e. The number of nitrogens with one attached hydrogen (secondary N) is 1. The second kappa shape index (κ2) is 9.09. The van der Waals surface area contributed by atoms with Gasteiger partial charge < -0.3 is 10.1 Å². The van der Waals surface area contributed by atoms with E-state index in [0.29, 0.717) is 5.75 Å². The summed E-state index contributed by atoms with van der Waals surface area (Å²) < 4.78 is 32.6. The SMILES string of the molecule is Cc1cccc(Oc2cc(NC(=O)Cn3nc(C(F)F)c(Cl)c3C)cc([N+](=O)[O-])c2)c1. The quantitative estimate of drug-likeness (QED) is 0.382. The Kier molecular flexibility index (Phi) is 6.50. The zero-order chi connectivity index (χ0) is 22.7. The molecule has 31 heavy (non-hydrogen) atoms. The van der Waals surface area contributed by atoms with E-state index in [4.69, 9.17) is 16.3 Å². The molecular formula is C20H17ClF2N4O4. The average molecular weight is 451 g/mol. The van der Waals surface area contributed by atoms with Crippen LogP contribution in [0.1, 0.15) is 23.4 Å². The molecule has 0 aliphatic rings. The van der Waals surface area contributed by atoms with Crippen LogP contribution in [0.25, 0.3) is 0 Å². The molecule has 162 valence electrons. The molecular weight excluding hydrogens is 434 g/mol. The number of aryl methyl sites for hydroxylation is 1. The minimum absolute atomic E-state index is 0.104. The lowest BCUT2D eigenvalue weighted by Crippen LogP contribution is -2.20. The van der Waals surface area contributed by atoms with Crippen molar-refractivity contribution in [2.45, 2.75) is 26.8 Å². The summed E-state index contributed by atoms with van der Waals surface area (Å²) in [6.07, 6.45) is -2.88. The number of hydrogen-bond donors (Lipinski definition) is 1. The molecule has 2 aromatic carbocycles. The Morgan fingerprint density at radius 3 is 2.61 bits per heavy atom. The molecule has 0 saturated heterocycles. The number of nitro benzene ring substituents is 1. The van der Waals surface area contributed by atoms with Crippen LogP contribution < -0.4 is 10.1 Å². The highest BCUT2D eigenvalue weighted by atomic mass is 35.5. The summed E-state index contributed by atoms with van der Waals surface area (Å²) in [6.45, 7) is 2.92. The molecule has 1 N–H and O–H groups in total. The molecule has 0 unspecified atom stereocenters. The van der Waals surface area contributed by atoms with Gasteiger partial charge >= 0.3 is 0 Å². The Balaban J connectivity index is 1.82. The highest BCUT2D eigenvalue weighted by Gasteiger charge is 2.22. The summed E-state index contributed by atoms with van der Waals surface area (Å²) >= 11 is 5.83. The van der Waals surface area contributed by atoms with Crippen molar-refractivity contribution in [3.63, 3.8) is 0 Å². The largest absolute Gasteiger partial charge is 0.457 e. The summed E-state index contributed by atoms with van der Waals surface area (Å²) in [5.74, 6) is -0.0161. The van der Waals surface area contributed by atoms with E-state index in [-0.39, 0.29) is 27.8 Å². The summed E-state index contributed by atoms with van der Waals surface area (Å²) in [5, 5.41) is 17.2. The van der Waals surface area contributed by atoms with Gasteiger partial charge in [0.1, 0.15) is 23.7 Å². The number of hydrogen-bond acceptors (Lipinski definition) is 5. The van der Waals surface area contributed by atoms with Crippen LogP contribution in [0, 0.1) is 24.0 Å². The number of nitrogens with zero attached hydrogens (tertiary/aromatic N) is 3. The summed E-state index contributed by atoms with van der Waals surface area (Å²) in [4.78, 5) is 23.1. The molecule has 3 aromatic rings. The number of carbonyl (C=O) groups is 1. The Labute approximate surface area is 180 Å². The fourth-order valence-electron chi connectivity index (χ4n) is 2.81. The molecule has 0 radical (unpaired) electrons. The van der Waals surface area contributed by atoms with Crippen LogP contribution in [0.15, 0.2) is 42.5 Å². The number of aromatic nitrogens is 2. The minimum atomic E-state index is -2.88. The number of benzene rings is 2. The lowest BCUT2D eigenvalue weighted by atomic mass is 10.2. The van der Waals surface area contributed by atoms with E-state index >= 15 is 0 Å². The molecule has 1 heterocycles. The normalized spacial score (nSPS) is 10.9. The van der Waals surface area contributed by atoms with E-state index < -0.39 is 29.5 Å². The number of rotatable bonds is 7. The molecule has 3 rings (SSSR count). The first kappa shape index (κ1) is 22.2. The number of ether oxygens (including phenoxy) is 1. The number of nitro groups is 1. The van der Waals surface area contributed by atoms with E-state index in [2.05, 4.69) is 10.4 Å². The molecule has 0 aliphatic heterocycles. The monoisotopic (exact) mass is 450 g/mol. The molecule has 0 spiro atoms. The van der Waals surface area contributed by atoms with Crippen LogP contribution in [-0.4, -0.2) is 20.6 Å². The maximum absolute atomic E-state index is 12.9. The number of halogens is 3. The van der Waals surface area contributed by atoms with Crippen LogP contribution >= 0.6 is 11.6 Å². The second-order valence-corrected chi connectivity index (χ2v) is 7.06. The molecule has 1 aromatic heterocycles. The first-order valence-electron chi connectivity index (χ1n) is 8.99. The van der Waals surface area contributed by atoms with Crippen LogP contribution in [0.5, 0.6) is 11.5 Å². The number of carbonyl (C=O) groups excluding carboxylic acids is 1. The van der Waals surface area contributed by atoms with Gasteiger partial charge in [-0.3, -0.25) is 19.6 Å². The van der Waals surface area contributed by atoms with E-state index in [9.17, 15) is 23.7 Å². The number of non-ortho nitro benzene ring substituents is 1. The lowest BCUT2D eigenvalue weighted by Gasteiger charge is -2.10. The van der Waals surface area contributed by atoms with E-state index in [1.165, 1.54) is 19.1 Å². The molecule has 0 atom stereocenters. The minimum Gasteiger partial charge on any atom is -0.457 e. The number of anilines is 1. The van der Waals surface area contributed by atoms with Crippen LogP contribution in [0.4, 0.5) is 20.2 Å². The first-order valence-corrected chi connectivity index (χ1v) is 9.36. The van der Waals surface area contributed by atoms with Crippen LogP contribution in [0.3, 0.4) is 0 Å². The van der Waals surface area contributed by atoms with Gasteiger partial charge in [-0.2, -0.15) is 5.10 Å². The molecule has 0 saturated carbocycles. The third-order valence-corrected chi connectivity index (χ3v) is 4.74. The van der Waals surface area contributed by atoms with Crippen molar-refractivity contribution in [2.24, 2.45) is 0 Å². The van der Waals surface area contributed by atoms with Gasteiger partial charge in [-0.25, -0.2) is 8.78 Å².